The lowest BCUT2D eigenvalue weighted by atomic mass is 10.2. The van der Waals surface area contributed by atoms with Crippen LogP contribution in [0.4, 0.5) is 5.69 Å². The molecule has 0 bridgehead atoms. The minimum atomic E-state index is -0.585. The second-order valence-corrected chi connectivity index (χ2v) is 6.18. The Bertz CT molecular complexity index is 985. The molecule has 9 heteroatoms. The molecule has 156 valence electrons. The van der Waals surface area contributed by atoms with Gasteiger partial charge in [-0.05, 0) is 29.8 Å². The maximum Gasteiger partial charge on any atom is 0.249 e. The van der Waals surface area contributed by atoms with Crippen LogP contribution in [0, 0.1) is 12.3 Å². The monoisotopic (exact) mass is 429 g/mol. The topological polar surface area (TPSA) is 98.2 Å². The molecule has 0 aliphatic rings. The third kappa shape index (κ3) is 6.72. The third-order valence-electron chi connectivity index (χ3n) is 3.63. The van der Waals surface area contributed by atoms with E-state index in [1.54, 1.807) is 36.4 Å². The van der Waals surface area contributed by atoms with Crippen molar-refractivity contribution in [1.82, 2.24) is 5.43 Å². The zero-order chi connectivity index (χ0) is 21.9. The molecule has 30 heavy (non-hydrogen) atoms. The summed E-state index contributed by atoms with van der Waals surface area (Å²) in [5.41, 5.74) is 3.34. The molecular weight excluding hydrogens is 410 g/mol. The third-order valence-corrected chi connectivity index (χ3v) is 3.91. The number of anilines is 1. The molecule has 0 aromatic heterocycles. The minimum Gasteiger partial charge on any atom is -0.497 e. The van der Waals surface area contributed by atoms with Crippen molar-refractivity contribution >= 4 is 35.3 Å². The Morgan fingerprint density at radius 2 is 2.00 bits per heavy atom. The number of rotatable bonds is 9. The number of hydrogen-bond donors (Lipinski definition) is 2. The fourth-order valence-corrected chi connectivity index (χ4v) is 2.61. The average molecular weight is 430 g/mol. The van der Waals surface area contributed by atoms with Gasteiger partial charge in [-0.3, -0.25) is 9.59 Å². The largest absolute Gasteiger partial charge is 0.497 e. The van der Waals surface area contributed by atoms with Crippen LogP contribution in [0.5, 0.6) is 17.2 Å². The van der Waals surface area contributed by atoms with Crippen molar-refractivity contribution in [1.29, 1.82) is 0 Å². The smallest absolute Gasteiger partial charge is 0.249 e. The first kappa shape index (κ1) is 22.6. The highest BCUT2D eigenvalue weighted by Crippen LogP contribution is 2.35. The van der Waals surface area contributed by atoms with Crippen molar-refractivity contribution in [2.24, 2.45) is 5.10 Å². The molecule has 2 rings (SSSR count). The van der Waals surface area contributed by atoms with Gasteiger partial charge in [0.2, 0.25) is 11.8 Å². The molecule has 8 nitrogen and oxygen atoms in total. The number of amides is 2. The van der Waals surface area contributed by atoms with Crippen LogP contribution in [0.15, 0.2) is 41.5 Å². The Morgan fingerprint density at radius 1 is 1.20 bits per heavy atom. The van der Waals surface area contributed by atoms with E-state index in [1.165, 1.54) is 20.4 Å². The predicted octanol–water partition coefficient (Wildman–Crippen LogP) is 2.85. The molecular formula is C21H20ClN3O5. The molecule has 0 heterocycles. The molecule has 0 aliphatic carbocycles. The fraction of sp³-hybridized carbons (Fsp3) is 0.190. The molecule has 0 saturated carbocycles. The number of hydrogen-bond acceptors (Lipinski definition) is 6. The van der Waals surface area contributed by atoms with Gasteiger partial charge in [0.05, 0.1) is 25.5 Å². The van der Waals surface area contributed by atoms with Crippen molar-refractivity contribution in [2.75, 3.05) is 26.1 Å². The van der Waals surface area contributed by atoms with E-state index in [1.807, 2.05) is 0 Å². The fourth-order valence-electron chi connectivity index (χ4n) is 2.34. The summed E-state index contributed by atoms with van der Waals surface area (Å²) in [6, 6.07) is 9.98. The standard InChI is InChI=1S/C21H20ClN3O5/c1-4-8-30-21-17(22)9-14(10-18(21)29-3)13-23-25-20(27)12-19(26)24-15-6-5-7-16(11-15)28-2/h1,5-7,9-11,13H,8,12H2,2-3H3,(H,24,26)(H,25,27). The van der Waals surface area contributed by atoms with Crippen molar-refractivity contribution < 1.29 is 23.8 Å². The molecule has 0 atom stereocenters. The quantitative estimate of drug-likeness (QED) is 0.276. The number of benzene rings is 2. The Labute approximate surface area is 179 Å². The zero-order valence-corrected chi connectivity index (χ0v) is 17.2. The molecule has 0 fully saturated rings. The number of terminal acetylenes is 1. The lowest BCUT2D eigenvalue weighted by molar-refractivity contribution is -0.126. The summed E-state index contributed by atoms with van der Waals surface area (Å²) < 4.78 is 15.7. The van der Waals surface area contributed by atoms with Crippen LogP contribution in [0.1, 0.15) is 12.0 Å². The number of methoxy groups -OCH3 is 2. The normalized spacial score (nSPS) is 10.2. The van der Waals surface area contributed by atoms with Crippen molar-refractivity contribution in [3.63, 3.8) is 0 Å². The number of halogens is 1. The molecule has 2 N–H and O–H groups in total. The van der Waals surface area contributed by atoms with Gasteiger partial charge in [0.1, 0.15) is 18.8 Å². The number of carbonyl (C=O) groups is 2. The summed E-state index contributed by atoms with van der Waals surface area (Å²) in [5.74, 6) is 2.53. The highest BCUT2D eigenvalue weighted by atomic mass is 35.5. The summed E-state index contributed by atoms with van der Waals surface area (Å²) >= 11 is 6.17. The summed E-state index contributed by atoms with van der Waals surface area (Å²) in [6.07, 6.45) is 6.13. The number of carbonyl (C=O) groups excluding carboxylic acids is 2. The number of nitrogens with one attached hydrogen (secondary N) is 2. The van der Waals surface area contributed by atoms with Crippen molar-refractivity contribution in [3.05, 3.63) is 47.0 Å². The SMILES string of the molecule is C#CCOc1c(Cl)cc(C=NNC(=O)CC(=O)Nc2cccc(OC)c2)cc1OC. The van der Waals surface area contributed by atoms with Crippen LogP contribution in [-0.4, -0.2) is 38.9 Å². The van der Waals surface area contributed by atoms with E-state index in [0.717, 1.165) is 0 Å². The molecule has 0 aliphatic heterocycles. The lowest BCUT2D eigenvalue weighted by Crippen LogP contribution is -2.24. The minimum absolute atomic E-state index is 0.0391. The molecule has 0 unspecified atom stereocenters. The maximum atomic E-state index is 12.0. The van der Waals surface area contributed by atoms with Crippen LogP contribution < -0.4 is 25.0 Å². The molecule has 2 aromatic rings. The lowest BCUT2D eigenvalue weighted by Gasteiger charge is -2.11. The van der Waals surface area contributed by atoms with Gasteiger partial charge in [-0.25, -0.2) is 5.43 Å². The highest BCUT2D eigenvalue weighted by Gasteiger charge is 2.12. The molecule has 0 radical (unpaired) electrons. The van der Waals surface area contributed by atoms with E-state index in [9.17, 15) is 9.59 Å². The average Bonchev–Trinajstić information content (AvgIpc) is 2.72. The number of ether oxygens (including phenoxy) is 3. The van der Waals surface area contributed by atoms with Crippen LogP contribution >= 0.6 is 11.6 Å². The summed E-state index contributed by atoms with van der Waals surface area (Å²) in [5, 5.41) is 6.71. The Hall–Kier alpha value is -3.70. The Kier molecular flexibility index (Phi) is 8.54. The van der Waals surface area contributed by atoms with E-state index in [-0.39, 0.29) is 11.6 Å². The summed E-state index contributed by atoms with van der Waals surface area (Å²) in [4.78, 5) is 23.9. The first-order valence-corrected chi connectivity index (χ1v) is 9.04. The van der Waals surface area contributed by atoms with Gasteiger partial charge >= 0.3 is 0 Å². The van der Waals surface area contributed by atoms with Crippen LogP contribution in [0.3, 0.4) is 0 Å². The molecule has 2 amide bonds. The Morgan fingerprint density at radius 3 is 2.70 bits per heavy atom. The number of nitrogens with zero attached hydrogens (tertiary/aromatic N) is 1. The van der Waals surface area contributed by atoms with Crippen LogP contribution in [0.2, 0.25) is 5.02 Å². The van der Waals surface area contributed by atoms with E-state index in [4.69, 9.17) is 32.2 Å². The van der Waals surface area contributed by atoms with E-state index in [2.05, 4.69) is 21.8 Å². The van der Waals surface area contributed by atoms with Crippen LogP contribution in [0.25, 0.3) is 0 Å². The van der Waals surface area contributed by atoms with E-state index >= 15 is 0 Å². The predicted molar refractivity (Wildman–Crippen MR) is 114 cm³/mol. The van der Waals surface area contributed by atoms with Gasteiger partial charge in [-0.15, -0.1) is 6.42 Å². The maximum absolute atomic E-state index is 12.0. The van der Waals surface area contributed by atoms with Crippen LogP contribution in [-0.2, 0) is 9.59 Å². The van der Waals surface area contributed by atoms with Gasteiger partial charge in [-0.1, -0.05) is 23.6 Å². The second kappa shape index (κ2) is 11.3. The van der Waals surface area contributed by atoms with Gasteiger partial charge in [0.25, 0.3) is 0 Å². The molecule has 0 spiro atoms. The molecule has 0 saturated heterocycles. The summed E-state index contributed by atoms with van der Waals surface area (Å²) in [6.45, 7) is 0.0391. The van der Waals surface area contributed by atoms with Gasteiger partial charge in [0, 0.05) is 11.8 Å². The van der Waals surface area contributed by atoms with Crippen molar-refractivity contribution in [2.45, 2.75) is 6.42 Å². The Balaban J connectivity index is 1.93. The molecule has 2 aromatic carbocycles. The number of hydrazone groups is 1. The van der Waals surface area contributed by atoms with Crippen molar-refractivity contribution in [3.8, 4) is 29.6 Å². The summed E-state index contributed by atoms with van der Waals surface area (Å²) in [7, 11) is 2.98. The van der Waals surface area contributed by atoms with Gasteiger partial charge < -0.3 is 19.5 Å². The second-order valence-electron chi connectivity index (χ2n) is 5.78. The van der Waals surface area contributed by atoms with Gasteiger partial charge in [-0.2, -0.15) is 5.10 Å². The first-order valence-electron chi connectivity index (χ1n) is 8.66. The zero-order valence-electron chi connectivity index (χ0n) is 16.4. The first-order chi connectivity index (χ1) is 14.5. The van der Waals surface area contributed by atoms with Gasteiger partial charge in [0.15, 0.2) is 11.5 Å². The highest BCUT2D eigenvalue weighted by molar-refractivity contribution is 6.32. The van der Waals surface area contributed by atoms with E-state index < -0.39 is 18.2 Å². The van der Waals surface area contributed by atoms with E-state index in [0.29, 0.717) is 28.5 Å².